The third kappa shape index (κ3) is 4.96. The molecule has 0 spiro atoms. The highest BCUT2D eigenvalue weighted by molar-refractivity contribution is 7.18. The number of benzene rings is 2. The van der Waals surface area contributed by atoms with Crippen LogP contribution >= 0.6 is 22.9 Å². The molecule has 3 rings (SSSR count). The normalized spacial score (nSPS) is 11.7. The van der Waals surface area contributed by atoms with E-state index < -0.39 is 6.10 Å². The van der Waals surface area contributed by atoms with Gasteiger partial charge in [-0.25, -0.2) is 0 Å². The van der Waals surface area contributed by atoms with Gasteiger partial charge in [0.15, 0.2) is 6.10 Å². The summed E-state index contributed by atoms with van der Waals surface area (Å²) in [4.78, 5) is 12.5. The lowest BCUT2D eigenvalue weighted by molar-refractivity contribution is -0.122. The maximum Gasteiger partial charge on any atom is 0.267 e. The standard InChI is InChI=1S/C19H18ClN3O3S/c1-3-16(26-15-10-8-14(25-2)9-11-15)17(24)21-19-23-22-18(27-19)12-4-6-13(20)7-5-12/h4-11,16H,3H2,1-2H3,(H,21,23,24)/t16-/m0/s1. The van der Waals surface area contributed by atoms with Gasteiger partial charge in [-0.15, -0.1) is 10.2 Å². The van der Waals surface area contributed by atoms with E-state index in [-0.39, 0.29) is 5.91 Å². The Morgan fingerprint density at radius 1 is 1.11 bits per heavy atom. The van der Waals surface area contributed by atoms with Crippen molar-refractivity contribution in [1.82, 2.24) is 10.2 Å². The predicted octanol–water partition coefficient (Wildman–Crippen LogP) is 4.66. The largest absolute Gasteiger partial charge is 0.497 e. The Hall–Kier alpha value is -2.64. The smallest absolute Gasteiger partial charge is 0.267 e. The second kappa shape index (κ2) is 8.83. The number of nitrogens with one attached hydrogen (secondary N) is 1. The Kier molecular flexibility index (Phi) is 6.26. The third-order valence-corrected chi connectivity index (χ3v) is 4.89. The van der Waals surface area contributed by atoms with Crippen LogP contribution in [-0.4, -0.2) is 29.3 Å². The number of halogens is 1. The van der Waals surface area contributed by atoms with E-state index in [2.05, 4.69) is 15.5 Å². The number of carbonyl (C=O) groups is 1. The highest BCUT2D eigenvalue weighted by atomic mass is 35.5. The van der Waals surface area contributed by atoms with Crippen molar-refractivity contribution in [2.45, 2.75) is 19.4 Å². The molecule has 1 amide bonds. The molecule has 2 aromatic carbocycles. The molecule has 6 nitrogen and oxygen atoms in total. The molecule has 1 atom stereocenters. The van der Waals surface area contributed by atoms with Crippen LogP contribution in [0.25, 0.3) is 10.6 Å². The number of anilines is 1. The molecule has 0 radical (unpaired) electrons. The number of aromatic nitrogens is 2. The van der Waals surface area contributed by atoms with E-state index in [0.717, 1.165) is 11.3 Å². The highest BCUT2D eigenvalue weighted by Crippen LogP contribution is 2.27. The number of ether oxygens (including phenoxy) is 2. The quantitative estimate of drug-likeness (QED) is 0.620. The molecule has 1 heterocycles. The Bertz CT molecular complexity index is 897. The number of hydrogen-bond donors (Lipinski definition) is 1. The topological polar surface area (TPSA) is 73.3 Å². The molecule has 0 unspecified atom stereocenters. The van der Waals surface area contributed by atoms with Crippen LogP contribution < -0.4 is 14.8 Å². The number of nitrogens with zero attached hydrogens (tertiary/aromatic N) is 2. The molecule has 0 aliphatic heterocycles. The number of carbonyl (C=O) groups excluding carboxylic acids is 1. The molecule has 1 N–H and O–H groups in total. The third-order valence-electron chi connectivity index (χ3n) is 3.75. The van der Waals surface area contributed by atoms with E-state index in [4.69, 9.17) is 21.1 Å². The maximum atomic E-state index is 12.5. The van der Waals surface area contributed by atoms with Crippen molar-refractivity contribution in [3.05, 3.63) is 53.6 Å². The van der Waals surface area contributed by atoms with Gasteiger partial charge in [0.2, 0.25) is 5.13 Å². The van der Waals surface area contributed by atoms with Crippen LogP contribution in [0.2, 0.25) is 5.02 Å². The molecule has 1 aromatic heterocycles. The van der Waals surface area contributed by atoms with E-state index in [1.165, 1.54) is 11.3 Å². The minimum absolute atomic E-state index is 0.271. The Labute approximate surface area is 166 Å². The summed E-state index contributed by atoms with van der Waals surface area (Å²) in [6.07, 6.45) is -0.123. The van der Waals surface area contributed by atoms with Gasteiger partial charge in [-0.05, 0) is 42.8 Å². The second-order valence-electron chi connectivity index (χ2n) is 5.60. The van der Waals surface area contributed by atoms with Crippen molar-refractivity contribution in [2.75, 3.05) is 12.4 Å². The van der Waals surface area contributed by atoms with Gasteiger partial charge in [0.25, 0.3) is 5.91 Å². The van der Waals surface area contributed by atoms with Crippen molar-refractivity contribution in [1.29, 1.82) is 0 Å². The first-order valence-electron chi connectivity index (χ1n) is 8.30. The fraction of sp³-hybridized carbons (Fsp3) is 0.211. The van der Waals surface area contributed by atoms with Crippen molar-refractivity contribution >= 4 is 34.0 Å². The molecule has 0 saturated carbocycles. The Morgan fingerprint density at radius 3 is 2.41 bits per heavy atom. The molecular formula is C19H18ClN3O3S. The number of methoxy groups -OCH3 is 1. The van der Waals surface area contributed by atoms with Crippen molar-refractivity contribution < 1.29 is 14.3 Å². The first-order chi connectivity index (χ1) is 13.1. The van der Waals surface area contributed by atoms with Crippen LogP contribution in [-0.2, 0) is 4.79 Å². The van der Waals surface area contributed by atoms with Gasteiger partial charge < -0.3 is 9.47 Å². The molecule has 0 fully saturated rings. The number of hydrogen-bond acceptors (Lipinski definition) is 6. The minimum Gasteiger partial charge on any atom is -0.497 e. The number of amides is 1. The van der Waals surface area contributed by atoms with Gasteiger partial charge in [-0.2, -0.15) is 0 Å². The molecule has 140 valence electrons. The summed E-state index contributed by atoms with van der Waals surface area (Å²) >= 11 is 7.19. The van der Waals surface area contributed by atoms with Crippen LogP contribution in [0, 0.1) is 0 Å². The van der Waals surface area contributed by atoms with Crippen molar-refractivity contribution in [2.24, 2.45) is 0 Å². The first-order valence-corrected chi connectivity index (χ1v) is 9.49. The van der Waals surface area contributed by atoms with E-state index in [0.29, 0.717) is 27.3 Å². The average Bonchev–Trinajstić information content (AvgIpc) is 3.15. The highest BCUT2D eigenvalue weighted by Gasteiger charge is 2.20. The summed E-state index contributed by atoms with van der Waals surface area (Å²) in [5.41, 5.74) is 0.888. The van der Waals surface area contributed by atoms with Crippen LogP contribution in [0.3, 0.4) is 0 Å². The summed E-state index contributed by atoms with van der Waals surface area (Å²) < 4.78 is 10.9. The van der Waals surface area contributed by atoms with Crippen LogP contribution in [0.1, 0.15) is 13.3 Å². The van der Waals surface area contributed by atoms with Gasteiger partial charge in [-0.3, -0.25) is 10.1 Å². The lowest BCUT2D eigenvalue weighted by atomic mass is 10.2. The molecular weight excluding hydrogens is 386 g/mol. The number of rotatable bonds is 7. The van der Waals surface area contributed by atoms with E-state index >= 15 is 0 Å². The van der Waals surface area contributed by atoms with Crippen LogP contribution in [0.5, 0.6) is 11.5 Å². The zero-order chi connectivity index (χ0) is 19.2. The molecule has 27 heavy (non-hydrogen) atoms. The zero-order valence-corrected chi connectivity index (χ0v) is 16.4. The lowest BCUT2D eigenvalue weighted by Gasteiger charge is -2.16. The van der Waals surface area contributed by atoms with Crippen LogP contribution in [0.4, 0.5) is 5.13 Å². The van der Waals surface area contributed by atoms with Gasteiger partial charge in [0.1, 0.15) is 16.5 Å². The van der Waals surface area contributed by atoms with E-state index in [9.17, 15) is 4.79 Å². The molecule has 3 aromatic rings. The van der Waals surface area contributed by atoms with Gasteiger partial charge in [-0.1, -0.05) is 42.0 Å². The fourth-order valence-electron chi connectivity index (χ4n) is 2.31. The van der Waals surface area contributed by atoms with Gasteiger partial charge in [0, 0.05) is 10.6 Å². The molecule has 8 heteroatoms. The summed E-state index contributed by atoms with van der Waals surface area (Å²) in [6.45, 7) is 1.88. The fourth-order valence-corrected chi connectivity index (χ4v) is 3.19. The summed E-state index contributed by atoms with van der Waals surface area (Å²) in [7, 11) is 1.60. The van der Waals surface area contributed by atoms with E-state index in [1.54, 1.807) is 43.5 Å². The predicted molar refractivity (Wildman–Crippen MR) is 107 cm³/mol. The summed E-state index contributed by atoms with van der Waals surface area (Å²) in [6, 6.07) is 14.4. The van der Waals surface area contributed by atoms with Gasteiger partial charge >= 0.3 is 0 Å². The lowest BCUT2D eigenvalue weighted by Crippen LogP contribution is -2.32. The molecule has 0 bridgehead atoms. The summed E-state index contributed by atoms with van der Waals surface area (Å²) in [5, 5.41) is 12.7. The SMILES string of the molecule is CC[C@H](Oc1ccc(OC)cc1)C(=O)Nc1nnc(-c2ccc(Cl)cc2)s1. The Morgan fingerprint density at radius 2 is 1.78 bits per heavy atom. The van der Waals surface area contributed by atoms with E-state index in [1.807, 2.05) is 19.1 Å². The molecule has 0 saturated heterocycles. The van der Waals surface area contributed by atoms with Crippen LogP contribution in [0.15, 0.2) is 48.5 Å². The first kappa shape index (κ1) is 19.1. The van der Waals surface area contributed by atoms with Crippen molar-refractivity contribution in [3.8, 4) is 22.1 Å². The Balaban J connectivity index is 1.65. The van der Waals surface area contributed by atoms with Crippen molar-refractivity contribution in [3.63, 3.8) is 0 Å². The monoisotopic (exact) mass is 403 g/mol. The van der Waals surface area contributed by atoms with Gasteiger partial charge in [0.05, 0.1) is 7.11 Å². The zero-order valence-electron chi connectivity index (χ0n) is 14.8. The molecule has 0 aliphatic carbocycles. The maximum absolute atomic E-state index is 12.5. The second-order valence-corrected chi connectivity index (χ2v) is 7.01. The molecule has 0 aliphatic rings. The summed E-state index contributed by atoms with van der Waals surface area (Å²) in [5.74, 6) is 1.05. The minimum atomic E-state index is -0.638. The average molecular weight is 404 g/mol.